The monoisotopic (exact) mass is 292 g/mol. The number of benzene rings is 1. The van der Waals surface area contributed by atoms with Crippen molar-refractivity contribution >= 4 is 28.9 Å². The van der Waals surface area contributed by atoms with Crippen LogP contribution < -0.4 is 26.0 Å². The van der Waals surface area contributed by atoms with E-state index in [4.69, 9.17) is 10.5 Å². The zero-order chi connectivity index (χ0) is 15.4. The number of carbonyl (C=O) groups is 2. The van der Waals surface area contributed by atoms with Crippen molar-refractivity contribution in [2.75, 3.05) is 42.7 Å². The van der Waals surface area contributed by atoms with E-state index in [1.165, 1.54) is 0 Å². The molecule has 2 amide bonds. The number of nitrogen functional groups attached to an aromatic ring is 1. The van der Waals surface area contributed by atoms with E-state index in [2.05, 4.69) is 10.6 Å². The van der Waals surface area contributed by atoms with Gasteiger partial charge >= 0.3 is 0 Å². The number of likely N-dealkylation sites (N-methyl/N-ethyl adjacent to an activating group) is 1. The molecule has 1 aliphatic rings. The molecule has 7 heteroatoms. The van der Waals surface area contributed by atoms with Crippen LogP contribution in [-0.2, 0) is 9.59 Å². The van der Waals surface area contributed by atoms with Crippen molar-refractivity contribution < 1.29 is 14.3 Å². The number of hydrogen-bond donors (Lipinski definition) is 3. The van der Waals surface area contributed by atoms with E-state index in [-0.39, 0.29) is 25.0 Å². The van der Waals surface area contributed by atoms with Crippen molar-refractivity contribution in [1.29, 1.82) is 0 Å². The Hall–Kier alpha value is -2.44. The number of anilines is 3. The number of nitrogens with two attached hydrogens (primary N) is 1. The van der Waals surface area contributed by atoms with E-state index in [0.29, 0.717) is 29.4 Å². The average molecular weight is 292 g/mol. The summed E-state index contributed by atoms with van der Waals surface area (Å²) in [5, 5.41) is 5.34. The van der Waals surface area contributed by atoms with Gasteiger partial charge in [-0.2, -0.15) is 0 Å². The van der Waals surface area contributed by atoms with Gasteiger partial charge in [0.25, 0.3) is 5.91 Å². The maximum atomic E-state index is 11.6. The third-order valence-electron chi connectivity index (χ3n) is 3.21. The number of ether oxygens (including phenoxy) is 1. The summed E-state index contributed by atoms with van der Waals surface area (Å²) in [6.45, 7) is 2.91. The Morgan fingerprint density at radius 1 is 1.52 bits per heavy atom. The SMILES string of the molecule is CCCN(CC(=O)NC)c1cc2c(cc1N)OCC(=O)N2. The molecule has 7 nitrogen and oxygen atoms in total. The zero-order valence-corrected chi connectivity index (χ0v) is 12.2. The second kappa shape index (κ2) is 6.34. The van der Waals surface area contributed by atoms with E-state index < -0.39 is 0 Å². The van der Waals surface area contributed by atoms with E-state index in [1.807, 2.05) is 11.8 Å². The first-order chi connectivity index (χ1) is 10.0. The fourth-order valence-corrected chi connectivity index (χ4v) is 2.21. The predicted octanol–water partition coefficient (Wildman–Crippen LogP) is 0.562. The highest BCUT2D eigenvalue weighted by molar-refractivity contribution is 5.97. The molecule has 0 aliphatic carbocycles. The lowest BCUT2D eigenvalue weighted by Gasteiger charge is -2.27. The van der Waals surface area contributed by atoms with Crippen LogP contribution in [0.4, 0.5) is 17.1 Å². The van der Waals surface area contributed by atoms with Crippen LogP contribution in [0.1, 0.15) is 13.3 Å². The van der Waals surface area contributed by atoms with Crippen molar-refractivity contribution in [3.05, 3.63) is 12.1 Å². The van der Waals surface area contributed by atoms with Crippen molar-refractivity contribution in [3.8, 4) is 5.75 Å². The highest BCUT2D eigenvalue weighted by Crippen LogP contribution is 2.37. The molecule has 2 rings (SSSR count). The molecule has 0 aromatic heterocycles. The Morgan fingerprint density at radius 3 is 2.95 bits per heavy atom. The quantitative estimate of drug-likeness (QED) is 0.689. The fraction of sp³-hybridized carbons (Fsp3) is 0.429. The molecule has 1 aromatic rings. The first-order valence-electron chi connectivity index (χ1n) is 6.86. The van der Waals surface area contributed by atoms with Crippen LogP contribution in [0.3, 0.4) is 0 Å². The Balaban J connectivity index is 2.33. The molecule has 0 radical (unpaired) electrons. The van der Waals surface area contributed by atoms with Gasteiger partial charge < -0.3 is 26.0 Å². The zero-order valence-electron chi connectivity index (χ0n) is 12.2. The minimum absolute atomic E-state index is 0.0112. The van der Waals surface area contributed by atoms with Crippen LogP contribution in [0.15, 0.2) is 12.1 Å². The van der Waals surface area contributed by atoms with Crippen LogP contribution in [0.2, 0.25) is 0 Å². The molecule has 21 heavy (non-hydrogen) atoms. The van der Waals surface area contributed by atoms with Crippen molar-refractivity contribution in [3.63, 3.8) is 0 Å². The summed E-state index contributed by atoms with van der Waals surface area (Å²) >= 11 is 0. The molecule has 4 N–H and O–H groups in total. The van der Waals surface area contributed by atoms with E-state index in [1.54, 1.807) is 19.2 Å². The van der Waals surface area contributed by atoms with Crippen LogP contribution in [-0.4, -0.2) is 38.6 Å². The van der Waals surface area contributed by atoms with Gasteiger partial charge in [-0.3, -0.25) is 9.59 Å². The first-order valence-corrected chi connectivity index (χ1v) is 6.86. The van der Waals surface area contributed by atoms with Gasteiger partial charge in [0.15, 0.2) is 6.61 Å². The lowest BCUT2D eigenvalue weighted by Crippen LogP contribution is -2.36. The average Bonchev–Trinajstić information content (AvgIpc) is 2.46. The van der Waals surface area contributed by atoms with Gasteiger partial charge in [0.2, 0.25) is 5.91 Å². The Labute approximate surface area is 123 Å². The van der Waals surface area contributed by atoms with Gasteiger partial charge in [-0.25, -0.2) is 0 Å². The molecule has 0 unspecified atom stereocenters. The van der Waals surface area contributed by atoms with E-state index >= 15 is 0 Å². The minimum Gasteiger partial charge on any atom is -0.482 e. The summed E-state index contributed by atoms with van der Waals surface area (Å²) in [6, 6.07) is 3.43. The topological polar surface area (TPSA) is 96.7 Å². The highest BCUT2D eigenvalue weighted by Gasteiger charge is 2.20. The largest absolute Gasteiger partial charge is 0.482 e. The number of hydrogen-bond acceptors (Lipinski definition) is 5. The number of fused-ring (bicyclic) bond motifs is 1. The summed E-state index contributed by atoms with van der Waals surface area (Å²) in [5.74, 6) is 0.250. The lowest BCUT2D eigenvalue weighted by molar-refractivity contribution is -0.119. The van der Waals surface area contributed by atoms with E-state index in [0.717, 1.165) is 6.42 Å². The third-order valence-corrected chi connectivity index (χ3v) is 3.21. The summed E-state index contributed by atoms with van der Waals surface area (Å²) in [6.07, 6.45) is 0.871. The van der Waals surface area contributed by atoms with Crippen molar-refractivity contribution in [2.24, 2.45) is 0 Å². The standard InChI is InChI=1S/C14H20N4O3/c1-3-4-18(7-13(19)16-2)11-6-10-12(5-9(11)15)21-8-14(20)17-10/h5-6H,3-4,7-8,15H2,1-2H3,(H,16,19)(H,17,20). The van der Waals surface area contributed by atoms with Crippen LogP contribution in [0.25, 0.3) is 0 Å². The van der Waals surface area contributed by atoms with Crippen LogP contribution in [0.5, 0.6) is 5.75 Å². The molecule has 0 bridgehead atoms. The van der Waals surface area contributed by atoms with E-state index in [9.17, 15) is 9.59 Å². The number of carbonyl (C=O) groups excluding carboxylic acids is 2. The van der Waals surface area contributed by atoms with Crippen LogP contribution in [0, 0.1) is 0 Å². The van der Waals surface area contributed by atoms with Gasteiger partial charge in [0, 0.05) is 19.7 Å². The molecule has 0 spiro atoms. The van der Waals surface area contributed by atoms with Gasteiger partial charge in [0.1, 0.15) is 5.75 Å². The second-order valence-electron chi connectivity index (χ2n) is 4.84. The normalized spacial score (nSPS) is 13.0. The number of nitrogens with zero attached hydrogens (tertiary/aromatic N) is 1. The number of amides is 2. The molecule has 0 fully saturated rings. The molecule has 114 valence electrons. The van der Waals surface area contributed by atoms with Crippen molar-refractivity contribution in [2.45, 2.75) is 13.3 Å². The second-order valence-corrected chi connectivity index (χ2v) is 4.84. The third kappa shape index (κ3) is 3.36. The lowest BCUT2D eigenvalue weighted by atomic mass is 10.1. The Bertz CT molecular complexity index is 559. The van der Waals surface area contributed by atoms with Crippen molar-refractivity contribution in [1.82, 2.24) is 5.32 Å². The maximum Gasteiger partial charge on any atom is 0.262 e. The Morgan fingerprint density at radius 2 is 2.29 bits per heavy atom. The molecule has 1 aliphatic heterocycles. The molecular weight excluding hydrogens is 272 g/mol. The Kier molecular flexibility index (Phi) is 4.52. The first kappa shape index (κ1) is 15.0. The van der Waals surface area contributed by atoms with Gasteiger partial charge in [-0.1, -0.05) is 6.92 Å². The van der Waals surface area contributed by atoms with Gasteiger partial charge in [0.05, 0.1) is 23.6 Å². The number of rotatable bonds is 5. The van der Waals surface area contributed by atoms with Gasteiger partial charge in [-0.15, -0.1) is 0 Å². The molecule has 1 aromatic carbocycles. The summed E-state index contributed by atoms with van der Waals surface area (Å²) in [4.78, 5) is 24.9. The molecular formula is C14H20N4O3. The van der Waals surface area contributed by atoms with Gasteiger partial charge in [-0.05, 0) is 12.5 Å². The smallest absolute Gasteiger partial charge is 0.262 e. The minimum atomic E-state index is -0.202. The molecule has 0 saturated carbocycles. The predicted molar refractivity (Wildman–Crippen MR) is 81.5 cm³/mol. The van der Waals surface area contributed by atoms with Crippen LogP contribution >= 0.6 is 0 Å². The summed E-state index contributed by atoms with van der Waals surface area (Å²) in [7, 11) is 1.59. The fourth-order valence-electron chi connectivity index (χ4n) is 2.21. The number of nitrogens with one attached hydrogen (secondary N) is 2. The highest BCUT2D eigenvalue weighted by atomic mass is 16.5. The maximum absolute atomic E-state index is 11.6. The summed E-state index contributed by atoms with van der Waals surface area (Å²) < 4.78 is 5.32. The molecule has 1 heterocycles. The summed E-state index contributed by atoms with van der Waals surface area (Å²) in [5.41, 5.74) is 7.87. The molecule has 0 atom stereocenters. The molecule has 0 saturated heterocycles.